The lowest BCUT2D eigenvalue weighted by Crippen LogP contribution is -2.42. The van der Waals surface area contributed by atoms with Crippen LogP contribution in [0.1, 0.15) is 27.2 Å². The summed E-state index contributed by atoms with van der Waals surface area (Å²) in [6, 6.07) is 0. The van der Waals surface area contributed by atoms with Crippen LogP contribution in [0.25, 0.3) is 0 Å². The standard InChI is InChI=1S/C11H24N4O.HI/c1-5-6-14-11(12-4)15-8-7-13-10(16)9(2)3;/h9H,5-8H2,1-4H3,(H,13,16)(H2,12,14,15);1H. The van der Waals surface area contributed by atoms with E-state index in [0.717, 1.165) is 18.9 Å². The van der Waals surface area contributed by atoms with Gasteiger partial charge in [0.25, 0.3) is 0 Å². The van der Waals surface area contributed by atoms with Crippen LogP contribution in [0, 0.1) is 5.92 Å². The number of aliphatic imine (C=N–C) groups is 1. The van der Waals surface area contributed by atoms with Crippen molar-refractivity contribution in [1.29, 1.82) is 0 Å². The largest absolute Gasteiger partial charge is 0.356 e. The van der Waals surface area contributed by atoms with Gasteiger partial charge in [-0.15, -0.1) is 24.0 Å². The van der Waals surface area contributed by atoms with Gasteiger partial charge in [-0.1, -0.05) is 20.8 Å². The molecule has 0 aromatic heterocycles. The normalized spacial score (nSPS) is 10.8. The van der Waals surface area contributed by atoms with Crippen molar-refractivity contribution in [1.82, 2.24) is 16.0 Å². The zero-order chi connectivity index (χ0) is 12.4. The van der Waals surface area contributed by atoms with Crippen LogP contribution in [-0.4, -0.2) is 38.5 Å². The number of hydrogen-bond acceptors (Lipinski definition) is 2. The number of nitrogens with one attached hydrogen (secondary N) is 3. The van der Waals surface area contributed by atoms with E-state index in [2.05, 4.69) is 27.9 Å². The van der Waals surface area contributed by atoms with E-state index in [-0.39, 0.29) is 35.8 Å². The molecule has 0 saturated heterocycles. The highest BCUT2D eigenvalue weighted by Crippen LogP contribution is 1.88. The van der Waals surface area contributed by atoms with Gasteiger partial charge in [-0.25, -0.2) is 0 Å². The Morgan fingerprint density at radius 1 is 1.12 bits per heavy atom. The van der Waals surface area contributed by atoms with E-state index in [1.807, 2.05) is 13.8 Å². The highest BCUT2D eigenvalue weighted by atomic mass is 127. The monoisotopic (exact) mass is 356 g/mol. The smallest absolute Gasteiger partial charge is 0.222 e. The first-order valence-corrected chi connectivity index (χ1v) is 5.84. The fraction of sp³-hybridized carbons (Fsp3) is 0.818. The molecule has 102 valence electrons. The molecule has 6 heteroatoms. The predicted molar refractivity (Wildman–Crippen MR) is 82.9 cm³/mol. The number of halogens is 1. The predicted octanol–water partition coefficient (Wildman–Crippen LogP) is 0.952. The van der Waals surface area contributed by atoms with E-state index in [4.69, 9.17) is 0 Å². The maximum atomic E-state index is 11.2. The lowest BCUT2D eigenvalue weighted by Gasteiger charge is -2.12. The lowest BCUT2D eigenvalue weighted by molar-refractivity contribution is -0.123. The van der Waals surface area contributed by atoms with E-state index < -0.39 is 0 Å². The average molecular weight is 356 g/mol. The molecule has 0 heterocycles. The summed E-state index contributed by atoms with van der Waals surface area (Å²) >= 11 is 0. The number of rotatable bonds is 6. The topological polar surface area (TPSA) is 65.5 Å². The first-order valence-electron chi connectivity index (χ1n) is 5.84. The molecule has 0 aliphatic heterocycles. The summed E-state index contributed by atoms with van der Waals surface area (Å²) in [7, 11) is 1.73. The lowest BCUT2D eigenvalue weighted by atomic mass is 10.2. The number of guanidine groups is 1. The Balaban J connectivity index is 0. The van der Waals surface area contributed by atoms with Crippen molar-refractivity contribution in [3.63, 3.8) is 0 Å². The van der Waals surface area contributed by atoms with Crippen molar-refractivity contribution in [3.05, 3.63) is 0 Å². The van der Waals surface area contributed by atoms with Gasteiger partial charge in [0, 0.05) is 32.6 Å². The Morgan fingerprint density at radius 3 is 2.12 bits per heavy atom. The summed E-state index contributed by atoms with van der Waals surface area (Å²) in [5.41, 5.74) is 0. The molecule has 0 aliphatic carbocycles. The second-order valence-corrected chi connectivity index (χ2v) is 3.87. The van der Waals surface area contributed by atoms with Crippen LogP contribution in [0.4, 0.5) is 0 Å². The zero-order valence-corrected chi connectivity index (χ0v) is 13.5. The van der Waals surface area contributed by atoms with Gasteiger partial charge in [-0.2, -0.15) is 0 Å². The van der Waals surface area contributed by atoms with Crippen molar-refractivity contribution in [2.45, 2.75) is 27.2 Å². The van der Waals surface area contributed by atoms with E-state index >= 15 is 0 Å². The van der Waals surface area contributed by atoms with Crippen LogP contribution in [0.15, 0.2) is 4.99 Å². The van der Waals surface area contributed by atoms with Gasteiger partial charge in [0.05, 0.1) is 0 Å². The SMILES string of the molecule is CCCNC(=NC)NCCNC(=O)C(C)C.I. The summed E-state index contributed by atoms with van der Waals surface area (Å²) in [5, 5.41) is 9.11. The van der Waals surface area contributed by atoms with Crippen molar-refractivity contribution >= 4 is 35.8 Å². The number of carbonyl (C=O) groups is 1. The zero-order valence-electron chi connectivity index (χ0n) is 11.2. The second kappa shape index (κ2) is 11.9. The van der Waals surface area contributed by atoms with E-state index in [1.165, 1.54) is 0 Å². The minimum absolute atomic E-state index is 0. The molecule has 0 aliphatic rings. The second-order valence-electron chi connectivity index (χ2n) is 3.87. The summed E-state index contributed by atoms with van der Waals surface area (Å²) in [5.74, 6) is 0.900. The number of carbonyl (C=O) groups excluding carboxylic acids is 1. The Bertz CT molecular complexity index is 232. The molecule has 0 radical (unpaired) electrons. The summed E-state index contributed by atoms with van der Waals surface area (Å²) in [4.78, 5) is 15.3. The highest BCUT2D eigenvalue weighted by molar-refractivity contribution is 14.0. The molecule has 0 saturated carbocycles. The molecule has 0 aromatic rings. The van der Waals surface area contributed by atoms with E-state index in [0.29, 0.717) is 13.1 Å². The molecule has 0 aromatic carbocycles. The molecule has 0 atom stereocenters. The van der Waals surface area contributed by atoms with Crippen LogP contribution in [0.2, 0.25) is 0 Å². The molecule has 0 fully saturated rings. The molecule has 3 N–H and O–H groups in total. The summed E-state index contributed by atoms with van der Waals surface area (Å²) < 4.78 is 0. The van der Waals surface area contributed by atoms with E-state index in [1.54, 1.807) is 7.05 Å². The van der Waals surface area contributed by atoms with Crippen molar-refractivity contribution in [3.8, 4) is 0 Å². The minimum Gasteiger partial charge on any atom is -0.356 e. The third-order valence-electron chi connectivity index (χ3n) is 2.01. The first-order chi connectivity index (χ1) is 7.61. The average Bonchev–Trinajstić information content (AvgIpc) is 2.27. The fourth-order valence-electron chi connectivity index (χ4n) is 1.03. The van der Waals surface area contributed by atoms with Crippen LogP contribution in [-0.2, 0) is 4.79 Å². The first kappa shape index (κ1) is 18.8. The van der Waals surface area contributed by atoms with Gasteiger partial charge < -0.3 is 16.0 Å². The quantitative estimate of drug-likeness (QED) is 0.287. The van der Waals surface area contributed by atoms with Gasteiger partial charge in [0.15, 0.2) is 5.96 Å². The minimum atomic E-state index is 0. The third-order valence-corrected chi connectivity index (χ3v) is 2.01. The molecule has 0 bridgehead atoms. The highest BCUT2D eigenvalue weighted by Gasteiger charge is 2.04. The molecule has 5 nitrogen and oxygen atoms in total. The van der Waals surface area contributed by atoms with Crippen LogP contribution in [0.5, 0.6) is 0 Å². The van der Waals surface area contributed by atoms with Gasteiger partial charge in [-0.05, 0) is 6.42 Å². The molecular formula is C11H25IN4O. The Morgan fingerprint density at radius 2 is 1.65 bits per heavy atom. The van der Waals surface area contributed by atoms with Gasteiger partial charge >= 0.3 is 0 Å². The molecule has 0 spiro atoms. The molecule has 0 rings (SSSR count). The third kappa shape index (κ3) is 10.3. The van der Waals surface area contributed by atoms with Crippen molar-refractivity contribution in [2.24, 2.45) is 10.9 Å². The number of nitrogens with zero attached hydrogens (tertiary/aromatic N) is 1. The van der Waals surface area contributed by atoms with Crippen molar-refractivity contribution in [2.75, 3.05) is 26.7 Å². The number of amides is 1. The maximum absolute atomic E-state index is 11.2. The van der Waals surface area contributed by atoms with Gasteiger partial charge in [0.1, 0.15) is 0 Å². The Hall–Kier alpha value is -0.530. The van der Waals surface area contributed by atoms with Gasteiger partial charge in [-0.3, -0.25) is 9.79 Å². The molecule has 1 amide bonds. The molecular weight excluding hydrogens is 331 g/mol. The molecule has 0 unspecified atom stereocenters. The Kier molecular flexibility index (Phi) is 13.2. The Labute approximate surface area is 121 Å². The van der Waals surface area contributed by atoms with Crippen LogP contribution >= 0.6 is 24.0 Å². The van der Waals surface area contributed by atoms with Crippen molar-refractivity contribution < 1.29 is 4.79 Å². The number of hydrogen-bond donors (Lipinski definition) is 3. The van der Waals surface area contributed by atoms with Gasteiger partial charge in [0.2, 0.25) is 5.91 Å². The van der Waals surface area contributed by atoms with Crippen LogP contribution < -0.4 is 16.0 Å². The van der Waals surface area contributed by atoms with E-state index in [9.17, 15) is 4.79 Å². The van der Waals surface area contributed by atoms with Crippen LogP contribution in [0.3, 0.4) is 0 Å². The molecule has 17 heavy (non-hydrogen) atoms. The summed E-state index contributed by atoms with van der Waals surface area (Å²) in [6.07, 6.45) is 1.06. The fourth-order valence-corrected chi connectivity index (χ4v) is 1.03. The summed E-state index contributed by atoms with van der Waals surface area (Å²) in [6.45, 7) is 8.06. The maximum Gasteiger partial charge on any atom is 0.222 e.